The lowest BCUT2D eigenvalue weighted by Crippen LogP contribution is -2.39. The monoisotopic (exact) mass is 472 g/mol. The zero-order chi connectivity index (χ0) is 23.3. The Bertz CT molecular complexity index is 963. The highest BCUT2D eigenvalue weighted by Crippen LogP contribution is 2.37. The van der Waals surface area contributed by atoms with Gasteiger partial charge in [-0.05, 0) is 55.0 Å². The summed E-state index contributed by atoms with van der Waals surface area (Å²) < 4.78 is 12.3. The van der Waals surface area contributed by atoms with Crippen molar-refractivity contribution in [3.05, 3.63) is 40.9 Å². The Hall–Kier alpha value is -2.25. The summed E-state index contributed by atoms with van der Waals surface area (Å²) >= 11 is 6.36. The van der Waals surface area contributed by atoms with Crippen molar-refractivity contribution in [2.45, 2.75) is 39.2 Å². The fourth-order valence-corrected chi connectivity index (χ4v) is 5.37. The van der Waals surface area contributed by atoms with Crippen molar-refractivity contribution in [1.82, 2.24) is 9.88 Å². The molecule has 3 atom stereocenters. The Labute approximate surface area is 200 Å². The number of methoxy groups -OCH3 is 2. The van der Waals surface area contributed by atoms with Crippen LogP contribution in [0, 0.1) is 11.8 Å². The van der Waals surface area contributed by atoms with E-state index < -0.39 is 0 Å². The Morgan fingerprint density at radius 1 is 1.22 bits per heavy atom. The smallest absolute Gasteiger partial charge is 0.260 e. The number of benzene rings is 1. The lowest BCUT2D eigenvalue weighted by atomic mass is 10.0. The number of nitrogens with one attached hydrogen (secondary N) is 1. The molecule has 0 bridgehead atoms. The number of nitrogens with zero attached hydrogens (tertiary/aromatic N) is 1. The van der Waals surface area contributed by atoms with Crippen molar-refractivity contribution >= 4 is 40.7 Å². The molecular weight excluding hydrogens is 440 g/mol. The molecule has 1 aliphatic carbocycles. The van der Waals surface area contributed by atoms with Crippen LogP contribution in [0.5, 0.6) is 11.5 Å². The van der Waals surface area contributed by atoms with E-state index in [0.29, 0.717) is 16.7 Å². The van der Waals surface area contributed by atoms with Crippen molar-refractivity contribution in [3.8, 4) is 22.8 Å². The first-order valence-electron chi connectivity index (χ1n) is 10.9. The predicted octanol–water partition coefficient (Wildman–Crippen LogP) is 6.01. The van der Waals surface area contributed by atoms with Crippen molar-refractivity contribution < 1.29 is 14.3 Å². The molecule has 1 aromatic carbocycles. The van der Waals surface area contributed by atoms with Crippen LogP contribution in [0.2, 0.25) is 0 Å². The van der Waals surface area contributed by atoms with E-state index in [1.165, 1.54) is 24.6 Å². The number of likely N-dealkylation sites (N-methyl/N-ethyl adjacent to an activating group) is 1. The zero-order valence-electron chi connectivity index (χ0n) is 19.4. The van der Waals surface area contributed by atoms with Crippen molar-refractivity contribution in [3.63, 3.8) is 0 Å². The molecule has 3 rings (SSSR count). The third-order valence-corrected chi connectivity index (χ3v) is 7.31. The average molecular weight is 473 g/mol. The molecule has 0 saturated heterocycles. The predicted molar refractivity (Wildman–Crippen MR) is 137 cm³/mol. The van der Waals surface area contributed by atoms with Crippen LogP contribution in [0.25, 0.3) is 17.3 Å². The van der Waals surface area contributed by atoms with E-state index in [-0.39, 0.29) is 11.9 Å². The van der Waals surface area contributed by atoms with E-state index in [0.717, 1.165) is 34.9 Å². The van der Waals surface area contributed by atoms with Gasteiger partial charge < -0.3 is 19.4 Å². The Kier molecular flexibility index (Phi) is 8.43. The number of rotatable bonds is 9. The van der Waals surface area contributed by atoms with Gasteiger partial charge in [0, 0.05) is 40.8 Å². The first-order chi connectivity index (χ1) is 15.4. The number of thioether (sulfide) groups is 1. The summed E-state index contributed by atoms with van der Waals surface area (Å²) in [6.07, 6.45) is 5.30. The summed E-state index contributed by atoms with van der Waals surface area (Å²) in [5.74, 6) is 2.66. The summed E-state index contributed by atoms with van der Waals surface area (Å²) in [5, 5.41) is 0. The van der Waals surface area contributed by atoms with Crippen molar-refractivity contribution in [2.75, 3.05) is 21.3 Å². The third-order valence-electron chi connectivity index (χ3n) is 6.38. The minimum atomic E-state index is 0.0175. The van der Waals surface area contributed by atoms with Crippen LogP contribution in [0.3, 0.4) is 0 Å². The number of aromatic nitrogens is 1. The first-order valence-corrected chi connectivity index (χ1v) is 12.3. The average Bonchev–Trinajstić information content (AvgIpc) is 3.43. The summed E-state index contributed by atoms with van der Waals surface area (Å²) in [6, 6.07) is 9.94. The highest BCUT2D eigenvalue weighted by atomic mass is 32.2. The van der Waals surface area contributed by atoms with Crippen LogP contribution < -0.4 is 9.47 Å². The molecule has 0 radical (unpaired) electrons. The lowest BCUT2D eigenvalue weighted by molar-refractivity contribution is -0.127. The zero-order valence-corrected chi connectivity index (χ0v) is 21.0. The summed E-state index contributed by atoms with van der Waals surface area (Å²) in [6.45, 7) is 4.48. The number of hydrogen-bond acceptors (Lipinski definition) is 5. The Morgan fingerprint density at radius 2 is 1.91 bits per heavy atom. The van der Waals surface area contributed by atoms with Gasteiger partial charge in [-0.1, -0.05) is 44.2 Å². The van der Waals surface area contributed by atoms with Gasteiger partial charge in [0.25, 0.3) is 5.91 Å². The van der Waals surface area contributed by atoms with Crippen molar-refractivity contribution in [2.24, 2.45) is 11.8 Å². The fraction of sp³-hybridized carbons (Fsp3) is 0.440. The van der Waals surface area contributed by atoms with E-state index in [2.05, 4.69) is 18.8 Å². The van der Waals surface area contributed by atoms with E-state index in [1.807, 2.05) is 48.4 Å². The molecule has 7 heteroatoms. The van der Waals surface area contributed by atoms with Gasteiger partial charge in [-0.25, -0.2) is 0 Å². The molecule has 1 N–H and O–H groups in total. The number of hydrogen-bond donors (Lipinski definition) is 1. The molecule has 32 heavy (non-hydrogen) atoms. The standard InChI is InChI=1S/C25H32N2O3S2/c1-6-17-9-16(2)23(10-17)27(3)25(28)24(32-15-31)13-19-7-8-22(26-19)18-11-20(29-4)14-21(12-18)30-5/h7-8,11-17,23,26H,6,9-10H2,1-5H3/b24-13-. The molecule has 1 fully saturated rings. The van der Waals surface area contributed by atoms with Gasteiger partial charge in [0.1, 0.15) is 11.5 Å². The summed E-state index contributed by atoms with van der Waals surface area (Å²) in [5.41, 5.74) is 2.70. The highest BCUT2D eigenvalue weighted by molar-refractivity contribution is 8.24. The highest BCUT2D eigenvalue weighted by Gasteiger charge is 2.35. The van der Waals surface area contributed by atoms with E-state index in [1.54, 1.807) is 18.9 Å². The van der Waals surface area contributed by atoms with Gasteiger partial charge in [0.15, 0.2) is 0 Å². The normalized spacial score (nSPS) is 20.8. The second kappa shape index (κ2) is 11.1. The molecule has 172 valence electrons. The fourth-order valence-electron chi connectivity index (χ4n) is 4.52. The Balaban J connectivity index is 1.84. The maximum absolute atomic E-state index is 13.3. The second-order valence-electron chi connectivity index (χ2n) is 8.36. The number of carbonyl (C=O) groups is 1. The maximum Gasteiger partial charge on any atom is 0.260 e. The van der Waals surface area contributed by atoms with E-state index in [4.69, 9.17) is 21.7 Å². The minimum absolute atomic E-state index is 0.0175. The van der Waals surface area contributed by atoms with Gasteiger partial charge in [0.2, 0.25) is 0 Å². The largest absolute Gasteiger partial charge is 0.497 e. The molecule has 1 aliphatic rings. The van der Waals surface area contributed by atoms with Gasteiger partial charge >= 0.3 is 0 Å². The van der Waals surface area contributed by atoms with Crippen LogP contribution in [0.4, 0.5) is 0 Å². The molecule has 5 nitrogen and oxygen atoms in total. The molecule has 0 spiro atoms. The molecule has 1 saturated carbocycles. The van der Waals surface area contributed by atoms with Gasteiger partial charge in [0.05, 0.1) is 19.1 Å². The molecule has 1 amide bonds. The third kappa shape index (κ3) is 5.56. The summed E-state index contributed by atoms with van der Waals surface area (Å²) in [4.78, 5) is 19.3. The summed E-state index contributed by atoms with van der Waals surface area (Å²) in [7, 11) is 5.18. The number of H-pyrrole nitrogens is 1. The minimum Gasteiger partial charge on any atom is -0.497 e. The molecular formula is C25H32N2O3S2. The van der Waals surface area contributed by atoms with Gasteiger partial charge in [-0.15, -0.1) is 0 Å². The topological polar surface area (TPSA) is 54.6 Å². The van der Waals surface area contributed by atoms with Crippen LogP contribution in [0.15, 0.2) is 35.2 Å². The van der Waals surface area contributed by atoms with Crippen LogP contribution >= 0.6 is 24.0 Å². The maximum atomic E-state index is 13.3. The number of thiocarbonyl (C=S) groups is 1. The number of amides is 1. The Morgan fingerprint density at radius 3 is 2.47 bits per heavy atom. The molecule has 2 aromatic rings. The van der Waals surface area contributed by atoms with Crippen molar-refractivity contribution in [1.29, 1.82) is 0 Å². The van der Waals surface area contributed by atoms with E-state index >= 15 is 0 Å². The quantitative estimate of drug-likeness (QED) is 0.358. The number of aromatic amines is 1. The van der Waals surface area contributed by atoms with Crippen LogP contribution in [0.1, 0.15) is 38.8 Å². The molecule has 3 unspecified atom stereocenters. The van der Waals surface area contributed by atoms with Crippen LogP contribution in [-0.4, -0.2) is 47.8 Å². The SMILES string of the molecule is CCC1CC(C)C(N(C)C(=O)/C(=C/c2ccc(-c3cc(OC)cc(OC)c3)[nH]2)SC=S)C1. The first kappa shape index (κ1) is 24.4. The van der Waals surface area contributed by atoms with Gasteiger partial charge in [-0.2, -0.15) is 0 Å². The molecule has 0 aliphatic heterocycles. The van der Waals surface area contributed by atoms with E-state index in [9.17, 15) is 4.79 Å². The second-order valence-corrected chi connectivity index (χ2v) is 9.80. The van der Waals surface area contributed by atoms with Crippen LogP contribution in [-0.2, 0) is 4.79 Å². The van der Waals surface area contributed by atoms with Gasteiger partial charge in [-0.3, -0.25) is 4.79 Å². The molecule has 1 aromatic heterocycles. The lowest BCUT2D eigenvalue weighted by Gasteiger charge is -2.28. The number of ether oxygens (including phenoxy) is 2. The number of carbonyl (C=O) groups excluding carboxylic acids is 1. The molecule has 1 heterocycles.